The van der Waals surface area contributed by atoms with Gasteiger partial charge < -0.3 is 5.41 Å². The molecule has 2 nitrogen and oxygen atoms in total. The molecule has 0 bridgehead atoms. The van der Waals surface area contributed by atoms with Crippen molar-refractivity contribution in [3.8, 4) is 0 Å². The molecule has 86 valence electrons. The van der Waals surface area contributed by atoms with Crippen LogP contribution in [0.3, 0.4) is 0 Å². The molecular formula is C13H24N2. The maximum absolute atomic E-state index is 7.91. The summed E-state index contributed by atoms with van der Waals surface area (Å²) in [5.74, 6) is 0.540. The number of aliphatic imine (C=N–C) groups is 1. The largest absolute Gasteiger partial charge is 0.309 e. The first-order chi connectivity index (χ1) is 6.99. The zero-order chi connectivity index (χ0) is 11.8. The molecule has 0 aliphatic rings. The van der Waals surface area contributed by atoms with Crippen LogP contribution in [0.5, 0.6) is 0 Å². The second-order valence-corrected chi connectivity index (χ2v) is 4.32. The Morgan fingerprint density at radius 2 is 2.07 bits per heavy atom. The van der Waals surface area contributed by atoms with Gasteiger partial charge >= 0.3 is 0 Å². The van der Waals surface area contributed by atoms with Gasteiger partial charge in [-0.15, -0.1) is 6.58 Å². The second-order valence-electron chi connectivity index (χ2n) is 4.32. The van der Waals surface area contributed by atoms with Crippen molar-refractivity contribution in [2.24, 2.45) is 16.8 Å². The van der Waals surface area contributed by atoms with E-state index in [1.54, 1.807) is 0 Å². The SMILES string of the molecule is C=C(C)CCN=CC(C)C(=N)C(C)CC. The van der Waals surface area contributed by atoms with Gasteiger partial charge in [-0.1, -0.05) is 26.3 Å². The highest BCUT2D eigenvalue weighted by atomic mass is 14.7. The van der Waals surface area contributed by atoms with Crippen LogP contribution >= 0.6 is 0 Å². The molecule has 0 rings (SSSR count). The summed E-state index contributed by atoms with van der Waals surface area (Å²) in [5.41, 5.74) is 1.95. The zero-order valence-electron chi connectivity index (χ0n) is 10.5. The molecule has 0 amide bonds. The van der Waals surface area contributed by atoms with Crippen molar-refractivity contribution in [1.82, 2.24) is 0 Å². The Morgan fingerprint density at radius 3 is 2.53 bits per heavy atom. The third kappa shape index (κ3) is 6.21. The van der Waals surface area contributed by atoms with E-state index in [9.17, 15) is 0 Å². The van der Waals surface area contributed by atoms with E-state index in [2.05, 4.69) is 25.4 Å². The van der Waals surface area contributed by atoms with Crippen LogP contribution in [0.15, 0.2) is 17.1 Å². The van der Waals surface area contributed by atoms with Crippen LogP contribution in [0.25, 0.3) is 0 Å². The summed E-state index contributed by atoms with van der Waals surface area (Å²) in [6.45, 7) is 12.9. The minimum Gasteiger partial charge on any atom is -0.309 e. The molecule has 0 aliphatic carbocycles. The van der Waals surface area contributed by atoms with Gasteiger partial charge in [0.25, 0.3) is 0 Å². The van der Waals surface area contributed by atoms with Crippen molar-refractivity contribution in [1.29, 1.82) is 5.41 Å². The van der Waals surface area contributed by atoms with Gasteiger partial charge in [-0.2, -0.15) is 0 Å². The normalized spacial score (nSPS) is 15.2. The Bertz CT molecular complexity index is 241. The van der Waals surface area contributed by atoms with Gasteiger partial charge in [0.15, 0.2) is 0 Å². The quantitative estimate of drug-likeness (QED) is 0.489. The van der Waals surface area contributed by atoms with E-state index in [0.29, 0.717) is 5.92 Å². The van der Waals surface area contributed by atoms with E-state index in [-0.39, 0.29) is 5.92 Å². The Balaban J connectivity index is 3.96. The third-order valence-electron chi connectivity index (χ3n) is 2.63. The van der Waals surface area contributed by atoms with Crippen molar-refractivity contribution in [2.45, 2.75) is 40.5 Å². The fraction of sp³-hybridized carbons (Fsp3) is 0.692. The van der Waals surface area contributed by atoms with Crippen LogP contribution in [0.2, 0.25) is 0 Å². The minimum absolute atomic E-state index is 0.171. The molecule has 15 heavy (non-hydrogen) atoms. The van der Waals surface area contributed by atoms with Crippen molar-refractivity contribution in [3.63, 3.8) is 0 Å². The smallest absolute Gasteiger partial charge is 0.0422 e. The summed E-state index contributed by atoms with van der Waals surface area (Å²) < 4.78 is 0. The first kappa shape index (κ1) is 14.1. The van der Waals surface area contributed by atoms with Crippen LogP contribution in [0.4, 0.5) is 0 Å². The monoisotopic (exact) mass is 208 g/mol. The van der Waals surface area contributed by atoms with Crippen molar-refractivity contribution >= 4 is 11.9 Å². The highest BCUT2D eigenvalue weighted by molar-refractivity contribution is 5.97. The Labute approximate surface area is 94.0 Å². The predicted molar refractivity (Wildman–Crippen MR) is 69.1 cm³/mol. The lowest BCUT2D eigenvalue weighted by atomic mass is 9.93. The minimum atomic E-state index is 0.171. The van der Waals surface area contributed by atoms with Gasteiger partial charge in [0.2, 0.25) is 0 Å². The van der Waals surface area contributed by atoms with Crippen LogP contribution in [0.1, 0.15) is 40.5 Å². The number of nitrogens with zero attached hydrogens (tertiary/aromatic N) is 1. The molecule has 2 heteroatoms. The van der Waals surface area contributed by atoms with Crippen LogP contribution in [-0.4, -0.2) is 18.5 Å². The molecule has 0 spiro atoms. The summed E-state index contributed by atoms with van der Waals surface area (Å²) in [5, 5.41) is 7.91. The maximum Gasteiger partial charge on any atom is 0.0422 e. The van der Waals surface area contributed by atoms with Gasteiger partial charge in [0.1, 0.15) is 0 Å². The van der Waals surface area contributed by atoms with Crippen molar-refractivity contribution in [2.75, 3.05) is 6.54 Å². The molecule has 0 radical (unpaired) electrons. The first-order valence-corrected chi connectivity index (χ1v) is 5.71. The van der Waals surface area contributed by atoms with E-state index < -0.39 is 0 Å². The second kappa shape index (κ2) is 7.38. The summed E-state index contributed by atoms with van der Waals surface area (Å²) in [7, 11) is 0. The maximum atomic E-state index is 7.91. The van der Waals surface area contributed by atoms with Gasteiger partial charge in [-0.3, -0.25) is 4.99 Å². The Hall–Kier alpha value is -0.920. The molecule has 0 heterocycles. The fourth-order valence-electron chi connectivity index (χ4n) is 1.24. The molecule has 2 atom stereocenters. The Morgan fingerprint density at radius 1 is 1.47 bits per heavy atom. The summed E-state index contributed by atoms with van der Waals surface area (Å²) in [6.07, 6.45) is 3.88. The number of hydrogen-bond donors (Lipinski definition) is 1. The molecule has 0 saturated carbocycles. The molecule has 0 aromatic heterocycles. The van der Waals surface area contributed by atoms with E-state index in [4.69, 9.17) is 5.41 Å². The van der Waals surface area contributed by atoms with Gasteiger partial charge in [0, 0.05) is 24.4 Å². The van der Waals surface area contributed by atoms with E-state index in [0.717, 1.165) is 30.7 Å². The summed E-state index contributed by atoms with van der Waals surface area (Å²) in [4.78, 5) is 4.32. The predicted octanol–water partition coefficient (Wildman–Crippen LogP) is 3.73. The van der Waals surface area contributed by atoms with E-state index >= 15 is 0 Å². The summed E-state index contributed by atoms with van der Waals surface area (Å²) in [6, 6.07) is 0. The van der Waals surface area contributed by atoms with Gasteiger partial charge in [0.05, 0.1) is 0 Å². The van der Waals surface area contributed by atoms with Crippen LogP contribution < -0.4 is 0 Å². The van der Waals surface area contributed by atoms with Crippen LogP contribution in [0, 0.1) is 17.2 Å². The molecule has 0 aliphatic heterocycles. The molecular weight excluding hydrogens is 184 g/mol. The molecule has 0 aromatic rings. The number of hydrogen-bond acceptors (Lipinski definition) is 2. The summed E-state index contributed by atoms with van der Waals surface area (Å²) >= 11 is 0. The molecule has 0 saturated heterocycles. The lowest BCUT2D eigenvalue weighted by Gasteiger charge is -2.14. The standard InChI is InChI=1S/C13H24N2/c1-6-11(4)13(14)12(5)9-15-8-7-10(2)3/h9,11-12,14H,2,6-8H2,1,3-5H3. The molecule has 0 fully saturated rings. The lowest BCUT2D eigenvalue weighted by Crippen LogP contribution is -2.19. The first-order valence-electron chi connectivity index (χ1n) is 5.71. The lowest BCUT2D eigenvalue weighted by molar-refractivity contribution is 0.706. The number of nitrogens with one attached hydrogen (secondary N) is 1. The fourth-order valence-corrected chi connectivity index (χ4v) is 1.24. The molecule has 0 aromatic carbocycles. The van der Waals surface area contributed by atoms with Gasteiger partial charge in [-0.05, 0) is 25.7 Å². The van der Waals surface area contributed by atoms with Gasteiger partial charge in [-0.25, -0.2) is 0 Å². The average molecular weight is 208 g/mol. The molecule has 1 N–H and O–H groups in total. The number of rotatable bonds is 7. The van der Waals surface area contributed by atoms with Crippen LogP contribution in [-0.2, 0) is 0 Å². The highest BCUT2D eigenvalue weighted by Crippen LogP contribution is 2.09. The van der Waals surface area contributed by atoms with E-state index in [1.807, 2.05) is 20.1 Å². The average Bonchev–Trinajstić information content (AvgIpc) is 2.21. The van der Waals surface area contributed by atoms with Crippen molar-refractivity contribution < 1.29 is 0 Å². The van der Waals surface area contributed by atoms with Crippen molar-refractivity contribution in [3.05, 3.63) is 12.2 Å². The topological polar surface area (TPSA) is 36.2 Å². The Kier molecular flexibility index (Phi) is 6.93. The third-order valence-corrected chi connectivity index (χ3v) is 2.63. The van der Waals surface area contributed by atoms with E-state index in [1.165, 1.54) is 0 Å². The zero-order valence-corrected chi connectivity index (χ0v) is 10.5. The highest BCUT2D eigenvalue weighted by Gasteiger charge is 2.11. The molecule has 2 unspecified atom stereocenters.